The maximum absolute atomic E-state index is 12.7. The molecule has 1 fully saturated rings. The number of nitrogens with one attached hydrogen (secondary N) is 1. The minimum Gasteiger partial charge on any atom is -0.491 e. The number of carbonyl (C=O) groups is 1. The van der Waals surface area contributed by atoms with Gasteiger partial charge in [-0.05, 0) is 44.0 Å². The third-order valence-electron chi connectivity index (χ3n) is 4.33. The zero-order valence-electron chi connectivity index (χ0n) is 15.1. The van der Waals surface area contributed by atoms with Crippen molar-refractivity contribution in [1.29, 1.82) is 0 Å². The molecule has 0 saturated carbocycles. The average Bonchev–Trinajstić information content (AvgIpc) is 3.16. The van der Waals surface area contributed by atoms with E-state index < -0.39 is 0 Å². The summed E-state index contributed by atoms with van der Waals surface area (Å²) >= 11 is 0. The van der Waals surface area contributed by atoms with Gasteiger partial charge in [0, 0.05) is 31.1 Å². The maximum atomic E-state index is 12.7. The lowest BCUT2D eigenvalue weighted by Crippen LogP contribution is -2.34. The van der Waals surface area contributed by atoms with Crippen LogP contribution in [0.3, 0.4) is 0 Å². The number of urea groups is 1. The summed E-state index contributed by atoms with van der Waals surface area (Å²) in [4.78, 5) is 19.0. The number of hydrogen-bond donors (Lipinski definition) is 1. The van der Waals surface area contributed by atoms with Gasteiger partial charge in [0.15, 0.2) is 0 Å². The van der Waals surface area contributed by atoms with Crippen molar-refractivity contribution in [2.24, 2.45) is 0 Å². The van der Waals surface area contributed by atoms with E-state index in [1.54, 1.807) is 6.20 Å². The van der Waals surface area contributed by atoms with E-state index in [9.17, 15) is 4.79 Å². The molecule has 0 aliphatic carbocycles. The lowest BCUT2D eigenvalue weighted by Gasteiger charge is -2.24. The van der Waals surface area contributed by atoms with E-state index in [0.29, 0.717) is 25.6 Å². The zero-order chi connectivity index (χ0) is 18.2. The fourth-order valence-corrected chi connectivity index (χ4v) is 3.11. The Kier molecular flexibility index (Phi) is 6.44. The summed E-state index contributed by atoms with van der Waals surface area (Å²) in [5.41, 5.74) is 1.66. The fraction of sp³-hybridized carbons (Fsp3) is 0.400. The molecule has 138 valence electrons. The van der Waals surface area contributed by atoms with Gasteiger partial charge < -0.3 is 19.7 Å². The lowest BCUT2D eigenvalue weighted by atomic mass is 10.1. The number of carbonyl (C=O) groups excluding carboxylic acids is 1. The second-order valence-electron chi connectivity index (χ2n) is 6.11. The van der Waals surface area contributed by atoms with Crippen LogP contribution < -0.4 is 10.1 Å². The number of nitrogens with zero attached hydrogens (tertiary/aromatic N) is 2. The topological polar surface area (TPSA) is 63.7 Å². The Bertz CT molecular complexity index is 708. The predicted molar refractivity (Wildman–Crippen MR) is 100 cm³/mol. The van der Waals surface area contributed by atoms with Crippen molar-refractivity contribution in [3.8, 4) is 5.75 Å². The quantitative estimate of drug-likeness (QED) is 0.766. The van der Waals surface area contributed by atoms with Crippen molar-refractivity contribution in [3.05, 3.63) is 54.4 Å². The maximum Gasteiger partial charge on any atom is 0.322 e. The first-order valence-corrected chi connectivity index (χ1v) is 9.07. The third-order valence-corrected chi connectivity index (χ3v) is 4.33. The van der Waals surface area contributed by atoms with Crippen LogP contribution in [0.2, 0.25) is 0 Å². The van der Waals surface area contributed by atoms with Crippen LogP contribution in [0.25, 0.3) is 0 Å². The molecule has 2 aromatic rings. The average molecular weight is 355 g/mol. The van der Waals surface area contributed by atoms with Crippen LogP contribution in [0.15, 0.2) is 48.7 Å². The highest BCUT2D eigenvalue weighted by molar-refractivity contribution is 5.90. The summed E-state index contributed by atoms with van der Waals surface area (Å²) in [6.07, 6.45) is 3.69. The molecular formula is C20H25N3O3. The van der Waals surface area contributed by atoms with Crippen LogP contribution in [0.1, 0.15) is 31.5 Å². The summed E-state index contributed by atoms with van der Waals surface area (Å²) in [6, 6.07) is 13.2. The van der Waals surface area contributed by atoms with Gasteiger partial charge in [-0.2, -0.15) is 0 Å². The molecule has 2 heterocycles. The molecule has 0 bridgehead atoms. The van der Waals surface area contributed by atoms with Crippen LogP contribution in [0.4, 0.5) is 10.5 Å². The molecule has 0 spiro atoms. The number of hydrogen-bond acceptors (Lipinski definition) is 4. The van der Waals surface area contributed by atoms with E-state index in [4.69, 9.17) is 9.47 Å². The number of anilines is 1. The monoisotopic (exact) mass is 355 g/mol. The molecule has 1 saturated heterocycles. The minimum atomic E-state index is -0.107. The van der Waals surface area contributed by atoms with Crippen molar-refractivity contribution < 1.29 is 14.3 Å². The summed E-state index contributed by atoms with van der Waals surface area (Å²) < 4.78 is 10.9. The van der Waals surface area contributed by atoms with Gasteiger partial charge in [0.05, 0.1) is 18.3 Å². The minimum absolute atomic E-state index is 0.0295. The fourth-order valence-electron chi connectivity index (χ4n) is 3.11. The van der Waals surface area contributed by atoms with Crippen LogP contribution in [-0.2, 0) is 4.74 Å². The van der Waals surface area contributed by atoms with Crippen molar-refractivity contribution in [2.45, 2.75) is 25.8 Å². The number of likely N-dealkylation sites (tertiary alicyclic amines) is 1. The first-order valence-electron chi connectivity index (χ1n) is 9.07. The first kappa shape index (κ1) is 18.2. The molecule has 3 rings (SSSR count). The SMILES string of the molecule is CCOCCOc1cccc(NC(=O)N2CCCC2c2ccccn2)c1. The number of rotatable bonds is 7. The predicted octanol–water partition coefficient (Wildman–Crippen LogP) is 3.87. The third kappa shape index (κ3) is 4.73. The van der Waals surface area contributed by atoms with E-state index in [1.807, 2.05) is 54.3 Å². The molecule has 1 aromatic carbocycles. The largest absolute Gasteiger partial charge is 0.491 e. The second-order valence-corrected chi connectivity index (χ2v) is 6.11. The molecule has 1 aromatic heterocycles. The van der Waals surface area contributed by atoms with Gasteiger partial charge in [0.1, 0.15) is 12.4 Å². The Morgan fingerprint density at radius 2 is 2.19 bits per heavy atom. The normalized spacial score (nSPS) is 16.5. The van der Waals surface area contributed by atoms with Gasteiger partial charge in [-0.15, -0.1) is 0 Å². The Labute approximate surface area is 154 Å². The molecule has 1 aliphatic heterocycles. The highest BCUT2D eigenvalue weighted by Gasteiger charge is 2.30. The molecule has 6 heteroatoms. The summed E-state index contributed by atoms with van der Waals surface area (Å²) in [5.74, 6) is 0.713. The van der Waals surface area contributed by atoms with E-state index in [-0.39, 0.29) is 12.1 Å². The van der Waals surface area contributed by atoms with Gasteiger partial charge in [-0.25, -0.2) is 4.79 Å². The zero-order valence-corrected chi connectivity index (χ0v) is 15.1. The summed E-state index contributed by atoms with van der Waals surface area (Å²) in [6.45, 7) is 4.39. The first-order chi connectivity index (χ1) is 12.8. The van der Waals surface area contributed by atoms with Crippen molar-refractivity contribution in [2.75, 3.05) is 31.7 Å². The standard InChI is InChI=1S/C20H25N3O3/c1-2-25-13-14-26-17-8-5-7-16(15-17)22-20(24)23-12-6-10-19(23)18-9-3-4-11-21-18/h3-5,7-9,11,15,19H,2,6,10,12-14H2,1H3,(H,22,24). The number of benzene rings is 1. The van der Waals surface area contributed by atoms with Gasteiger partial charge in [-0.1, -0.05) is 12.1 Å². The smallest absolute Gasteiger partial charge is 0.322 e. The van der Waals surface area contributed by atoms with E-state index in [0.717, 1.165) is 30.8 Å². The van der Waals surface area contributed by atoms with E-state index in [2.05, 4.69) is 10.3 Å². The number of amides is 2. The van der Waals surface area contributed by atoms with Crippen LogP contribution >= 0.6 is 0 Å². The Balaban J connectivity index is 1.60. The second kappa shape index (κ2) is 9.20. The summed E-state index contributed by atoms with van der Waals surface area (Å²) in [5, 5.41) is 2.97. The molecule has 1 atom stereocenters. The number of aromatic nitrogens is 1. The van der Waals surface area contributed by atoms with Crippen LogP contribution in [0.5, 0.6) is 5.75 Å². The van der Waals surface area contributed by atoms with E-state index in [1.165, 1.54) is 0 Å². The molecule has 2 amide bonds. The van der Waals surface area contributed by atoms with Gasteiger partial charge in [0.2, 0.25) is 0 Å². The molecule has 1 unspecified atom stereocenters. The molecule has 26 heavy (non-hydrogen) atoms. The van der Waals surface area contributed by atoms with Crippen molar-refractivity contribution in [1.82, 2.24) is 9.88 Å². The van der Waals surface area contributed by atoms with E-state index >= 15 is 0 Å². The highest BCUT2D eigenvalue weighted by atomic mass is 16.5. The molecule has 0 radical (unpaired) electrons. The Hall–Kier alpha value is -2.60. The van der Waals surface area contributed by atoms with Gasteiger partial charge >= 0.3 is 6.03 Å². The molecule has 1 aliphatic rings. The Morgan fingerprint density at radius 3 is 3.00 bits per heavy atom. The molecular weight excluding hydrogens is 330 g/mol. The molecule has 6 nitrogen and oxygen atoms in total. The van der Waals surface area contributed by atoms with Crippen molar-refractivity contribution >= 4 is 11.7 Å². The van der Waals surface area contributed by atoms with Crippen LogP contribution in [-0.4, -0.2) is 42.3 Å². The lowest BCUT2D eigenvalue weighted by molar-refractivity contribution is 0.110. The van der Waals surface area contributed by atoms with Gasteiger partial charge in [-0.3, -0.25) is 4.98 Å². The number of pyridine rings is 1. The van der Waals surface area contributed by atoms with Crippen molar-refractivity contribution in [3.63, 3.8) is 0 Å². The molecule has 1 N–H and O–H groups in total. The van der Waals surface area contributed by atoms with Gasteiger partial charge in [0.25, 0.3) is 0 Å². The highest BCUT2D eigenvalue weighted by Crippen LogP contribution is 2.31. The summed E-state index contributed by atoms with van der Waals surface area (Å²) in [7, 11) is 0. The van der Waals surface area contributed by atoms with Crippen LogP contribution in [0, 0.1) is 0 Å². The Morgan fingerprint density at radius 1 is 1.27 bits per heavy atom. The number of ether oxygens (including phenoxy) is 2.